The Hall–Kier alpha value is -7.53. The first kappa shape index (κ1) is 43.1. The molecule has 9 rings (SSSR count). The standard InChI is InChI=1S/C25H22N6O2.C22H24N4O4S/c1-15-6-7-18(25(33)30-19-8-9-19)13-20(15)31-14-29-21(23(31)26)22(32)16-4-2-5-17(12-16)24-27-10-3-11-28-24;1-14-3-4-15(20(27)25-16-5-6-16)11-17(14)22(21(28)26-10-9-24-13-26)8-7-19(18(23)12-22)31(2,29)30/h2-7,10-14,19H,8-9,26H2,1H3,(H,30,33);3-4,7,9-13,16H,5-6,8,23H2,1-2H3,(H,25,27). The van der Waals surface area contributed by atoms with Gasteiger partial charge in [-0.25, -0.2) is 28.4 Å². The Balaban J connectivity index is 0.000000175. The number of hydrogen-bond donors (Lipinski definition) is 4. The van der Waals surface area contributed by atoms with Crippen LogP contribution in [0.4, 0.5) is 5.82 Å². The molecule has 1 atom stereocenters. The lowest BCUT2D eigenvalue weighted by molar-refractivity contribution is 0.0827. The van der Waals surface area contributed by atoms with Crippen LogP contribution in [0.5, 0.6) is 0 Å². The lowest BCUT2D eigenvalue weighted by atomic mass is 9.72. The van der Waals surface area contributed by atoms with Crippen LogP contribution in [0, 0.1) is 13.8 Å². The van der Waals surface area contributed by atoms with Gasteiger partial charge >= 0.3 is 0 Å². The van der Waals surface area contributed by atoms with Crippen LogP contribution < -0.4 is 22.1 Å². The topological polar surface area (TPSA) is 240 Å². The molecule has 6 N–H and O–H groups in total. The fourth-order valence-corrected chi connectivity index (χ4v) is 8.42. The van der Waals surface area contributed by atoms with Crippen LogP contribution in [0.25, 0.3) is 17.1 Å². The van der Waals surface area contributed by atoms with Crippen molar-refractivity contribution in [3.05, 3.63) is 166 Å². The van der Waals surface area contributed by atoms with E-state index in [0.29, 0.717) is 33.8 Å². The summed E-state index contributed by atoms with van der Waals surface area (Å²) in [4.78, 5) is 68.8. The zero-order valence-electron chi connectivity index (χ0n) is 35.4. The number of carbonyl (C=O) groups excluding carboxylic acids is 4. The first-order chi connectivity index (χ1) is 30.6. The third-order valence-corrected chi connectivity index (χ3v) is 12.5. The average Bonchev–Trinajstić information content (AvgIpc) is 4.19. The number of aromatic nitrogens is 6. The summed E-state index contributed by atoms with van der Waals surface area (Å²) in [6.45, 7) is 3.77. The molecule has 0 spiro atoms. The normalized spacial score (nSPS) is 17.0. The van der Waals surface area contributed by atoms with Crippen molar-refractivity contribution in [3.8, 4) is 17.1 Å². The Morgan fingerprint density at radius 2 is 1.42 bits per heavy atom. The van der Waals surface area contributed by atoms with Gasteiger partial charge in [-0.2, -0.15) is 0 Å². The number of rotatable bonds is 11. The van der Waals surface area contributed by atoms with Gasteiger partial charge in [0.1, 0.15) is 18.5 Å². The van der Waals surface area contributed by atoms with E-state index < -0.39 is 15.3 Å². The number of allylic oxidation sites excluding steroid dienone is 2. The number of anilines is 1. The molecule has 3 aliphatic carbocycles. The second-order valence-electron chi connectivity index (χ2n) is 16.2. The first-order valence-corrected chi connectivity index (χ1v) is 22.5. The summed E-state index contributed by atoms with van der Waals surface area (Å²) in [7, 11) is -3.55. The highest BCUT2D eigenvalue weighted by Gasteiger charge is 2.43. The molecular formula is C47H46N10O6S. The maximum absolute atomic E-state index is 13.6. The van der Waals surface area contributed by atoms with E-state index in [9.17, 15) is 27.6 Å². The monoisotopic (exact) mass is 878 g/mol. The third kappa shape index (κ3) is 9.01. The maximum Gasteiger partial charge on any atom is 0.251 e. The van der Waals surface area contributed by atoms with Crippen LogP contribution in [0.3, 0.4) is 0 Å². The smallest absolute Gasteiger partial charge is 0.251 e. The number of nitrogens with zero attached hydrogens (tertiary/aromatic N) is 6. The van der Waals surface area contributed by atoms with Gasteiger partial charge < -0.3 is 22.1 Å². The quantitative estimate of drug-likeness (QED) is 0.123. The fraction of sp³-hybridized carbons (Fsp3) is 0.234. The Labute approximate surface area is 369 Å². The highest BCUT2D eigenvalue weighted by atomic mass is 32.2. The maximum atomic E-state index is 13.6. The zero-order chi connectivity index (χ0) is 45.3. The van der Waals surface area contributed by atoms with Gasteiger partial charge in [0.05, 0.1) is 16.0 Å². The molecule has 3 aliphatic rings. The van der Waals surface area contributed by atoms with E-state index in [1.165, 1.54) is 41.8 Å². The molecule has 1 unspecified atom stereocenters. The number of nitrogens with two attached hydrogens (primary N) is 2. The van der Waals surface area contributed by atoms with Gasteiger partial charge in [0, 0.05) is 71.1 Å². The van der Waals surface area contributed by atoms with Crippen molar-refractivity contribution in [2.45, 2.75) is 63.5 Å². The average molecular weight is 879 g/mol. The summed E-state index contributed by atoms with van der Waals surface area (Å²) in [5.74, 6) is -0.210. The Bertz CT molecular complexity index is 2990. The molecule has 3 aromatic carbocycles. The van der Waals surface area contributed by atoms with Crippen molar-refractivity contribution >= 4 is 39.2 Å². The minimum absolute atomic E-state index is 0.00170. The number of nitrogens with one attached hydrogen (secondary N) is 2. The number of ketones is 1. The van der Waals surface area contributed by atoms with Gasteiger partial charge in [-0.1, -0.05) is 36.4 Å². The molecular weight excluding hydrogens is 833 g/mol. The van der Waals surface area contributed by atoms with Gasteiger partial charge in [-0.15, -0.1) is 0 Å². The molecule has 16 nitrogen and oxygen atoms in total. The molecule has 2 amide bonds. The number of benzene rings is 3. The van der Waals surface area contributed by atoms with Crippen LogP contribution in [0.15, 0.2) is 127 Å². The lowest BCUT2D eigenvalue weighted by Crippen LogP contribution is -2.41. The number of hydrogen-bond acceptors (Lipinski definition) is 12. The molecule has 3 aromatic heterocycles. The Morgan fingerprint density at radius 3 is 2.03 bits per heavy atom. The number of aryl methyl sites for hydroxylation is 2. The van der Waals surface area contributed by atoms with E-state index in [0.717, 1.165) is 48.6 Å². The van der Waals surface area contributed by atoms with E-state index in [1.807, 2.05) is 26.0 Å². The summed E-state index contributed by atoms with van der Waals surface area (Å²) < 4.78 is 27.2. The molecule has 2 saturated carbocycles. The van der Waals surface area contributed by atoms with Crippen LogP contribution >= 0.6 is 0 Å². The summed E-state index contributed by atoms with van der Waals surface area (Å²) in [5.41, 5.74) is 16.5. The molecule has 0 aliphatic heterocycles. The number of nitrogen functional groups attached to an aromatic ring is 1. The van der Waals surface area contributed by atoms with Gasteiger partial charge in [0.25, 0.3) is 11.8 Å². The number of sulfone groups is 1. The Morgan fingerprint density at radius 1 is 0.766 bits per heavy atom. The van der Waals surface area contributed by atoms with Crippen molar-refractivity contribution < 1.29 is 27.6 Å². The van der Waals surface area contributed by atoms with Crippen molar-refractivity contribution in [1.29, 1.82) is 0 Å². The van der Waals surface area contributed by atoms with Gasteiger partial charge in [-0.3, -0.25) is 28.3 Å². The van der Waals surface area contributed by atoms with Crippen LogP contribution in [-0.2, 0) is 15.3 Å². The van der Waals surface area contributed by atoms with Crippen molar-refractivity contribution in [2.24, 2.45) is 5.73 Å². The molecule has 6 aromatic rings. The van der Waals surface area contributed by atoms with Crippen molar-refractivity contribution in [3.63, 3.8) is 0 Å². The largest absolute Gasteiger partial charge is 0.398 e. The molecule has 326 valence electrons. The minimum atomic E-state index is -3.55. The summed E-state index contributed by atoms with van der Waals surface area (Å²) in [5, 5.41) is 5.94. The number of amides is 2. The highest BCUT2D eigenvalue weighted by Crippen LogP contribution is 2.40. The van der Waals surface area contributed by atoms with Crippen molar-refractivity contribution in [2.75, 3.05) is 12.0 Å². The lowest BCUT2D eigenvalue weighted by Gasteiger charge is -2.34. The Kier molecular flexibility index (Phi) is 11.7. The summed E-state index contributed by atoms with van der Waals surface area (Å²) in [6.07, 6.45) is 17.3. The summed E-state index contributed by atoms with van der Waals surface area (Å²) >= 11 is 0. The predicted octanol–water partition coefficient (Wildman–Crippen LogP) is 5.18. The van der Waals surface area contributed by atoms with E-state index in [1.54, 1.807) is 71.6 Å². The van der Waals surface area contributed by atoms with E-state index in [2.05, 4.69) is 30.6 Å². The third-order valence-electron chi connectivity index (χ3n) is 11.3. The SMILES string of the molecule is Cc1ccc(C(=O)NC2CC2)cc1-n1cnc(C(=O)c2cccc(-c3ncccn3)c2)c1N.Cc1ccc(C(=O)NC2CC2)cc1C1(C(=O)n2ccnc2)C=C(N)C(S(C)(=O)=O)=CC1. The van der Waals surface area contributed by atoms with E-state index >= 15 is 0 Å². The van der Waals surface area contributed by atoms with E-state index in [-0.39, 0.29) is 64.1 Å². The van der Waals surface area contributed by atoms with Gasteiger partial charge in [-0.05, 0) is 105 Å². The molecule has 3 heterocycles. The number of carbonyl (C=O) groups is 4. The second-order valence-corrected chi connectivity index (χ2v) is 18.2. The second kappa shape index (κ2) is 17.3. The van der Waals surface area contributed by atoms with Crippen LogP contribution in [0.1, 0.15) is 90.4 Å². The molecule has 0 saturated heterocycles. The minimum Gasteiger partial charge on any atom is -0.398 e. The molecule has 0 bridgehead atoms. The predicted molar refractivity (Wildman–Crippen MR) is 240 cm³/mol. The van der Waals surface area contributed by atoms with Gasteiger partial charge in [0.15, 0.2) is 21.4 Å². The highest BCUT2D eigenvalue weighted by molar-refractivity contribution is 7.94. The molecule has 64 heavy (non-hydrogen) atoms. The first-order valence-electron chi connectivity index (χ1n) is 20.6. The molecule has 2 fully saturated rings. The fourth-order valence-electron chi connectivity index (χ4n) is 7.55. The van der Waals surface area contributed by atoms with E-state index in [4.69, 9.17) is 11.5 Å². The van der Waals surface area contributed by atoms with Gasteiger partial charge in [0.2, 0.25) is 11.7 Å². The van der Waals surface area contributed by atoms with Crippen molar-refractivity contribution in [1.82, 2.24) is 39.7 Å². The molecule has 0 radical (unpaired) electrons. The zero-order valence-corrected chi connectivity index (χ0v) is 36.2. The molecule has 17 heteroatoms. The van der Waals surface area contributed by atoms with Crippen LogP contribution in [-0.4, -0.2) is 79.3 Å². The summed E-state index contributed by atoms with van der Waals surface area (Å²) in [6, 6.07) is 19.9. The number of imidazole rings is 2. The van der Waals surface area contributed by atoms with Crippen LogP contribution in [0.2, 0.25) is 0 Å².